The average molecular weight is 362 g/mol. The lowest BCUT2D eigenvalue weighted by atomic mass is 9.91. The number of hydrogen-bond donors (Lipinski definition) is 2. The van der Waals surface area contributed by atoms with Gasteiger partial charge in [-0.3, -0.25) is 4.79 Å². The van der Waals surface area contributed by atoms with Gasteiger partial charge >= 0.3 is 5.97 Å². The minimum absolute atomic E-state index is 0.0896. The van der Waals surface area contributed by atoms with E-state index >= 15 is 0 Å². The van der Waals surface area contributed by atoms with Gasteiger partial charge in [0.15, 0.2) is 6.29 Å². The Hall–Kier alpha value is -1.85. The number of aliphatic carboxylic acids is 1. The van der Waals surface area contributed by atoms with Gasteiger partial charge in [0, 0.05) is 17.9 Å². The third kappa shape index (κ3) is 6.46. The Balaban J connectivity index is 2.01. The molecule has 1 aromatic rings. The van der Waals surface area contributed by atoms with Crippen LogP contribution < -0.4 is 0 Å². The fourth-order valence-electron chi connectivity index (χ4n) is 3.19. The number of hydrogen-bond acceptors (Lipinski definition) is 4. The number of carboxylic acids is 1. The molecule has 2 rings (SSSR count). The van der Waals surface area contributed by atoms with Crippen molar-refractivity contribution in [3.05, 3.63) is 42.0 Å². The highest BCUT2D eigenvalue weighted by Crippen LogP contribution is 2.39. The summed E-state index contributed by atoms with van der Waals surface area (Å²) in [4.78, 5) is 10.6. The van der Waals surface area contributed by atoms with Gasteiger partial charge in [0.2, 0.25) is 0 Å². The molecule has 5 heteroatoms. The second kappa shape index (κ2) is 11.0. The summed E-state index contributed by atoms with van der Waals surface area (Å²) in [7, 11) is 0. The molecule has 0 saturated carbocycles. The zero-order chi connectivity index (χ0) is 18.8. The van der Waals surface area contributed by atoms with Crippen molar-refractivity contribution in [1.82, 2.24) is 0 Å². The number of phenols is 1. The van der Waals surface area contributed by atoms with Crippen molar-refractivity contribution in [2.24, 2.45) is 5.92 Å². The van der Waals surface area contributed by atoms with Crippen LogP contribution in [-0.2, 0) is 14.3 Å². The molecule has 0 bridgehead atoms. The van der Waals surface area contributed by atoms with E-state index in [1.807, 2.05) is 24.3 Å². The van der Waals surface area contributed by atoms with Crippen LogP contribution in [0.5, 0.6) is 5.75 Å². The molecule has 2 N–H and O–H groups in total. The van der Waals surface area contributed by atoms with Gasteiger partial charge in [0.1, 0.15) is 5.75 Å². The van der Waals surface area contributed by atoms with Gasteiger partial charge < -0.3 is 19.7 Å². The van der Waals surface area contributed by atoms with Crippen molar-refractivity contribution in [1.29, 1.82) is 0 Å². The zero-order valence-corrected chi connectivity index (χ0v) is 15.5. The Bertz CT molecular complexity index is 584. The quantitative estimate of drug-likeness (QED) is 0.461. The molecule has 144 valence electrons. The maximum atomic E-state index is 10.6. The van der Waals surface area contributed by atoms with Crippen LogP contribution >= 0.6 is 0 Å². The highest BCUT2D eigenvalue weighted by molar-refractivity contribution is 5.66. The minimum atomic E-state index is -0.791. The normalized spacial score (nSPS) is 23.3. The van der Waals surface area contributed by atoms with Crippen molar-refractivity contribution in [2.75, 3.05) is 6.61 Å². The summed E-state index contributed by atoms with van der Waals surface area (Å²) < 4.78 is 12.1. The molecule has 5 nitrogen and oxygen atoms in total. The Labute approximate surface area is 155 Å². The molecule has 1 aliphatic rings. The lowest BCUT2D eigenvalue weighted by Gasteiger charge is -2.37. The zero-order valence-electron chi connectivity index (χ0n) is 15.5. The van der Waals surface area contributed by atoms with E-state index < -0.39 is 5.97 Å². The molecule has 0 radical (unpaired) electrons. The molecule has 1 heterocycles. The van der Waals surface area contributed by atoms with Crippen LogP contribution in [0.4, 0.5) is 0 Å². The lowest BCUT2D eigenvalue weighted by Crippen LogP contribution is -2.34. The van der Waals surface area contributed by atoms with Crippen LogP contribution in [0.3, 0.4) is 0 Å². The van der Waals surface area contributed by atoms with E-state index in [1.54, 1.807) is 12.1 Å². The van der Waals surface area contributed by atoms with Crippen molar-refractivity contribution in [3.63, 3.8) is 0 Å². The third-order valence-electron chi connectivity index (χ3n) is 4.64. The van der Waals surface area contributed by atoms with Crippen molar-refractivity contribution < 1.29 is 24.5 Å². The SMILES string of the molecule is CCCCCC1OC[C@@H](CC=CCCC(=O)O)[C@@H](c2ccccc2O)O1. The highest BCUT2D eigenvalue weighted by atomic mass is 16.7. The van der Waals surface area contributed by atoms with Crippen LogP contribution in [0, 0.1) is 5.92 Å². The Morgan fingerprint density at radius 1 is 1.27 bits per heavy atom. The van der Waals surface area contributed by atoms with Crippen molar-refractivity contribution in [3.8, 4) is 5.75 Å². The molecular formula is C21H30O5. The first-order valence-electron chi connectivity index (χ1n) is 9.53. The number of phenolic OH excluding ortho intramolecular Hbond substituents is 1. The number of rotatable bonds is 10. The maximum Gasteiger partial charge on any atom is 0.303 e. The summed E-state index contributed by atoms with van der Waals surface area (Å²) in [5.41, 5.74) is 0.792. The minimum Gasteiger partial charge on any atom is -0.508 e. The molecule has 0 amide bonds. The van der Waals surface area contributed by atoms with Gasteiger partial charge in [0.05, 0.1) is 12.7 Å². The third-order valence-corrected chi connectivity index (χ3v) is 4.64. The summed E-state index contributed by atoms with van der Waals surface area (Å²) in [5.74, 6) is -0.459. The Kier molecular flexibility index (Phi) is 8.65. The molecule has 1 fully saturated rings. The van der Waals surface area contributed by atoms with E-state index in [0.717, 1.165) is 37.7 Å². The molecule has 3 atom stereocenters. The van der Waals surface area contributed by atoms with Gasteiger partial charge in [-0.05, 0) is 31.7 Å². The van der Waals surface area contributed by atoms with E-state index in [-0.39, 0.29) is 30.5 Å². The molecule has 0 aromatic heterocycles. The number of aromatic hydroxyl groups is 1. The van der Waals surface area contributed by atoms with Gasteiger partial charge in [-0.2, -0.15) is 0 Å². The predicted octanol–water partition coefficient (Wildman–Crippen LogP) is 4.81. The number of allylic oxidation sites excluding steroid dienone is 2. The summed E-state index contributed by atoms with van der Waals surface area (Å²) >= 11 is 0. The molecule has 1 unspecified atom stereocenters. The second-order valence-corrected chi connectivity index (χ2v) is 6.77. The molecule has 0 aliphatic carbocycles. The second-order valence-electron chi connectivity index (χ2n) is 6.77. The molecular weight excluding hydrogens is 332 g/mol. The number of benzene rings is 1. The highest BCUT2D eigenvalue weighted by Gasteiger charge is 2.33. The largest absolute Gasteiger partial charge is 0.508 e. The van der Waals surface area contributed by atoms with Crippen LogP contribution in [0.2, 0.25) is 0 Å². The smallest absolute Gasteiger partial charge is 0.303 e. The molecule has 1 saturated heterocycles. The van der Waals surface area contributed by atoms with Gasteiger partial charge in [-0.15, -0.1) is 0 Å². The number of unbranched alkanes of at least 4 members (excludes halogenated alkanes) is 2. The summed E-state index contributed by atoms with van der Waals surface area (Å²) in [6.07, 6.45) is 9.03. The average Bonchev–Trinajstić information content (AvgIpc) is 2.63. The predicted molar refractivity (Wildman–Crippen MR) is 99.9 cm³/mol. The summed E-state index contributed by atoms with van der Waals surface area (Å²) in [6, 6.07) is 7.28. The van der Waals surface area contributed by atoms with Crippen LogP contribution in [0.15, 0.2) is 36.4 Å². The topological polar surface area (TPSA) is 76.0 Å². The molecule has 1 aliphatic heterocycles. The fourth-order valence-corrected chi connectivity index (χ4v) is 3.19. The molecule has 1 aromatic carbocycles. The van der Waals surface area contributed by atoms with Crippen molar-refractivity contribution >= 4 is 5.97 Å². The number of carbonyl (C=O) groups is 1. The van der Waals surface area contributed by atoms with Crippen LogP contribution in [0.25, 0.3) is 0 Å². The maximum absolute atomic E-state index is 10.6. The van der Waals surface area contributed by atoms with E-state index in [1.165, 1.54) is 0 Å². The van der Waals surface area contributed by atoms with Gasteiger partial charge in [-0.1, -0.05) is 50.1 Å². The first kappa shape index (κ1) is 20.5. The van der Waals surface area contributed by atoms with E-state index in [4.69, 9.17) is 14.6 Å². The van der Waals surface area contributed by atoms with E-state index in [0.29, 0.717) is 13.0 Å². The van der Waals surface area contributed by atoms with Crippen LogP contribution in [-0.4, -0.2) is 29.1 Å². The lowest BCUT2D eigenvalue weighted by molar-refractivity contribution is -0.241. The monoisotopic (exact) mass is 362 g/mol. The summed E-state index contributed by atoms with van der Waals surface area (Å²) in [6.45, 7) is 2.74. The number of carboxylic acid groups (broad SMARTS) is 1. The molecule has 26 heavy (non-hydrogen) atoms. The Morgan fingerprint density at radius 2 is 2.08 bits per heavy atom. The summed E-state index contributed by atoms with van der Waals surface area (Å²) in [5, 5.41) is 18.9. The number of para-hydroxylation sites is 1. The van der Waals surface area contributed by atoms with Crippen LogP contribution in [0.1, 0.15) is 63.5 Å². The standard InChI is InChI=1S/C21H30O5/c1-2-3-5-14-20-25-15-16(10-6-4-7-13-19(23)24)21(26-20)17-11-8-9-12-18(17)22/h4,6,8-9,11-12,16,20-22H,2-3,5,7,10,13-15H2,1H3,(H,23,24)/t16-,20?,21+/m1/s1. The van der Waals surface area contributed by atoms with E-state index in [2.05, 4.69) is 6.92 Å². The fraction of sp³-hybridized carbons (Fsp3) is 0.571. The first-order chi connectivity index (χ1) is 12.6. The number of ether oxygens (including phenoxy) is 2. The van der Waals surface area contributed by atoms with Gasteiger partial charge in [-0.25, -0.2) is 0 Å². The molecule has 0 spiro atoms. The van der Waals surface area contributed by atoms with E-state index in [9.17, 15) is 9.90 Å². The Morgan fingerprint density at radius 3 is 2.81 bits per heavy atom. The van der Waals surface area contributed by atoms with Crippen molar-refractivity contribution in [2.45, 2.75) is 64.3 Å². The first-order valence-corrected chi connectivity index (χ1v) is 9.53. The van der Waals surface area contributed by atoms with Gasteiger partial charge in [0.25, 0.3) is 0 Å².